The van der Waals surface area contributed by atoms with Crippen molar-refractivity contribution >= 4 is 21.3 Å². The van der Waals surface area contributed by atoms with Crippen LogP contribution in [0.2, 0.25) is 0 Å². The van der Waals surface area contributed by atoms with Crippen LogP contribution in [0.25, 0.3) is 0 Å². The number of carbonyl (C=O) groups excluding carboxylic acids is 2. The number of nitrogens with zero attached hydrogens (tertiary/aromatic N) is 1. The Bertz CT molecular complexity index is 675. The quantitative estimate of drug-likeness (QED) is 0.0208. The summed E-state index contributed by atoms with van der Waals surface area (Å²) in [6.45, 7) is 5.16. The lowest BCUT2D eigenvalue weighted by Crippen LogP contribution is -2.37. The molecule has 0 aliphatic carbocycles. The third kappa shape index (κ3) is 39.8. The van der Waals surface area contributed by atoms with Crippen molar-refractivity contribution in [2.75, 3.05) is 54.1 Å². The standard InChI is InChI=1S/C40H81NO6P/c1-5-6-7-8-9-10-11-14-17-20-23-26-29-32-40(43)45-37-39(38-47-48-46-36-33-41(2,3)4)44-35-31-28-25-22-19-16-13-12-15-18-21-24-27-30-34-42/h34,39,48H,5-33,35-38H2,1-4H3/q+1. The number of ether oxygens (including phenoxy) is 2. The van der Waals surface area contributed by atoms with E-state index in [1.165, 1.54) is 141 Å². The first-order valence-electron chi connectivity index (χ1n) is 20.4. The van der Waals surface area contributed by atoms with Crippen LogP contribution in [0, 0.1) is 0 Å². The van der Waals surface area contributed by atoms with Gasteiger partial charge in [-0.1, -0.05) is 155 Å². The van der Waals surface area contributed by atoms with E-state index in [2.05, 4.69) is 28.1 Å². The smallest absolute Gasteiger partial charge is 0.305 e. The summed E-state index contributed by atoms with van der Waals surface area (Å²) < 4.78 is 24.0. The largest absolute Gasteiger partial charge is 0.463 e. The number of hydrogen-bond donors (Lipinski definition) is 0. The molecule has 0 radical (unpaired) electrons. The predicted octanol–water partition coefficient (Wildman–Crippen LogP) is 11.3. The summed E-state index contributed by atoms with van der Waals surface area (Å²) in [4.78, 5) is 22.8. The fourth-order valence-electron chi connectivity index (χ4n) is 5.74. The second-order valence-electron chi connectivity index (χ2n) is 15.0. The van der Waals surface area contributed by atoms with Crippen molar-refractivity contribution in [2.24, 2.45) is 0 Å². The molecule has 0 bridgehead atoms. The van der Waals surface area contributed by atoms with Gasteiger partial charge in [-0.15, -0.1) is 0 Å². The molecule has 8 heteroatoms. The van der Waals surface area contributed by atoms with E-state index in [1.54, 1.807) is 0 Å². The maximum atomic E-state index is 12.4. The molecule has 7 nitrogen and oxygen atoms in total. The van der Waals surface area contributed by atoms with E-state index in [9.17, 15) is 9.59 Å². The van der Waals surface area contributed by atoms with Crippen molar-refractivity contribution in [1.29, 1.82) is 0 Å². The highest BCUT2D eigenvalue weighted by atomic mass is 31.1. The number of carbonyl (C=O) groups is 2. The fraction of sp³-hybridized carbons (Fsp3) is 0.950. The van der Waals surface area contributed by atoms with Gasteiger partial charge < -0.3 is 27.8 Å². The summed E-state index contributed by atoms with van der Waals surface area (Å²) >= 11 is 0. The lowest BCUT2D eigenvalue weighted by molar-refractivity contribution is -0.870. The highest BCUT2D eigenvalue weighted by Crippen LogP contribution is 2.17. The maximum absolute atomic E-state index is 12.4. The summed E-state index contributed by atoms with van der Waals surface area (Å²) in [5.74, 6) is -0.122. The zero-order valence-electron chi connectivity index (χ0n) is 32.4. The molecule has 0 aromatic carbocycles. The number of rotatable bonds is 40. The molecule has 0 saturated carbocycles. The van der Waals surface area contributed by atoms with E-state index in [0.717, 1.165) is 49.4 Å². The van der Waals surface area contributed by atoms with Crippen LogP contribution in [0.1, 0.15) is 187 Å². The molecule has 0 N–H and O–H groups in total. The number of likely N-dealkylation sites (N-methyl/N-ethyl adjacent to an activating group) is 1. The zero-order valence-corrected chi connectivity index (χ0v) is 33.4. The van der Waals surface area contributed by atoms with Crippen molar-refractivity contribution in [1.82, 2.24) is 0 Å². The van der Waals surface area contributed by atoms with Crippen molar-refractivity contribution in [3.05, 3.63) is 0 Å². The van der Waals surface area contributed by atoms with Gasteiger partial charge in [-0.25, -0.2) is 0 Å². The maximum Gasteiger partial charge on any atom is 0.305 e. The summed E-state index contributed by atoms with van der Waals surface area (Å²) in [5.41, 5.74) is 0. The molecule has 0 heterocycles. The summed E-state index contributed by atoms with van der Waals surface area (Å²) in [6, 6.07) is 0. The lowest BCUT2D eigenvalue weighted by Gasteiger charge is -2.23. The third-order valence-corrected chi connectivity index (χ3v) is 9.59. The van der Waals surface area contributed by atoms with Crippen LogP contribution in [0.3, 0.4) is 0 Å². The second kappa shape index (κ2) is 37.7. The van der Waals surface area contributed by atoms with E-state index in [-0.39, 0.29) is 27.7 Å². The number of hydrogen-bond acceptors (Lipinski definition) is 6. The minimum absolute atomic E-state index is 0.0297. The monoisotopic (exact) mass is 703 g/mol. The Labute approximate surface area is 300 Å². The number of quaternary nitrogens is 1. The average molecular weight is 703 g/mol. The first-order chi connectivity index (χ1) is 23.4. The van der Waals surface area contributed by atoms with Gasteiger partial charge in [0.15, 0.2) is 9.03 Å². The summed E-state index contributed by atoms with van der Waals surface area (Å²) in [6.07, 6.45) is 35.1. The van der Waals surface area contributed by atoms with Crippen molar-refractivity contribution < 1.29 is 32.6 Å². The lowest BCUT2D eigenvalue weighted by atomic mass is 10.0. The van der Waals surface area contributed by atoms with Crippen molar-refractivity contribution in [3.63, 3.8) is 0 Å². The highest BCUT2D eigenvalue weighted by molar-refractivity contribution is 7.26. The van der Waals surface area contributed by atoms with E-state index in [4.69, 9.17) is 18.5 Å². The average Bonchev–Trinajstić information content (AvgIpc) is 3.06. The summed E-state index contributed by atoms with van der Waals surface area (Å²) in [7, 11) is 6.41. The molecule has 0 aromatic heterocycles. The Morgan fingerprint density at radius 2 is 1.04 bits per heavy atom. The minimum Gasteiger partial charge on any atom is -0.463 e. The molecule has 2 unspecified atom stereocenters. The topological polar surface area (TPSA) is 71.1 Å². The number of unbranched alkanes of at least 4 members (excludes halogenated alkanes) is 25. The molecular weight excluding hydrogens is 621 g/mol. The van der Waals surface area contributed by atoms with Gasteiger partial charge in [-0.3, -0.25) is 4.79 Å². The van der Waals surface area contributed by atoms with Crippen LogP contribution in [-0.2, 0) is 28.1 Å². The molecule has 0 aliphatic heterocycles. The molecule has 2 atom stereocenters. The molecule has 0 saturated heterocycles. The Morgan fingerprint density at radius 1 is 0.583 bits per heavy atom. The van der Waals surface area contributed by atoms with Gasteiger partial charge >= 0.3 is 5.97 Å². The molecule has 0 aliphatic rings. The minimum atomic E-state index is -0.250. The van der Waals surface area contributed by atoms with E-state index >= 15 is 0 Å². The van der Waals surface area contributed by atoms with Crippen LogP contribution in [0.15, 0.2) is 0 Å². The highest BCUT2D eigenvalue weighted by Gasteiger charge is 2.14. The van der Waals surface area contributed by atoms with Gasteiger partial charge in [-0.2, -0.15) is 0 Å². The van der Waals surface area contributed by atoms with E-state index < -0.39 is 0 Å². The zero-order chi connectivity index (χ0) is 35.2. The van der Waals surface area contributed by atoms with Gasteiger partial charge in [0.05, 0.1) is 27.7 Å². The Morgan fingerprint density at radius 3 is 1.52 bits per heavy atom. The molecule has 0 rings (SSSR count). The molecule has 0 fully saturated rings. The van der Waals surface area contributed by atoms with E-state index in [0.29, 0.717) is 26.2 Å². The number of esters is 1. The third-order valence-electron chi connectivity index (χ3n) is 8.99. The first kappa shape index (κ1) is 47.4. The van der Waals surface area contributed by atoms with E-state index in [1.807, 2.05) is 0 Å². The SMILES string of the molecule is CCCCCCCCCCCCCCCC(=O)OCC(COPOCC[N+](C)(C)C)OCCCCCCCCCCCCCCCC=O. The molecule has 48 heavy (non-hydrogen) atoms. The van der Waals surface area contributed by atoms with Gasteiger partial charge in [-0.05, 0) is 19.3 Å². The molecule has 0 aromatic rings. The van der Waals surface area contributed by atoms with Crippen LogP contribution in [-0.4, -0.2) is 77.0 Å². The molecule has 0 spiro atoms. The van der Waals surface area contributed by atoms with Gasteiger partial charge in [0, 0.05) is 19.4 Å². The Hall–Kier alpha value is -0.590. The Kier molecular flexibility index (Phi) is 37.2. The van der Waals surface area contributed by atoms with Gasteiger partial charge in [0.1, 0.15) is 32.1 Å². The predicted molar refractivity (Wildman–Crippen MR) is 205 cm³/mol. The summed E-state index contributed by atoms with van der Waals surface area (Å²) in [5, 5.41) is 0. The molecule has 0 amide bonds. The van der Waals surface area contributed by atoms with Crippen molar-refractivity contribution in [3.8, 4) is 0 Å². The van der Waals surface area contributed by atoms with Gasteiger partial charge in [0.25, 0.3) is 0 Å². The Balaban J connectivity index is 3.98. The molecular formula is C40H81NO6P+. The number of aldehydes is 1. The van der Waals surface area contributed by atoms with Crippen LogP contribution >= 0.6 is 9.03 Å². The second-order valence-corrected chi connectivity index (χ2v) is 15.7. The first-order valence-corrected chi connectivity index (χ1v) is 21.2. The van der Waals surface area contributed by atoms with Gasteiger partial charge in [0.2, 0.25) is 0 Å². The fourth-order valence-corrected chi connectivity index (χ4v) is 6.26. The van der Waals surface area contributed by atoms with Crippen LogP contribution in [0.5, 0.6) is 0 Å². The normalized spacial score (nSPS) is 12.7. The van der Waals surface area contributed by atoms with Crippen molar-refractivity contribution in [2.45, 2.75) is 193 Å². The van der Waals surface area contributed by atoms with Crippen LogP contribution < -0.4 is 0 Å². The molecule has 286 valence electrons. The van der Waals surface area contributed by atoms with Crippen LogP contribution in [0.4, 0.5) is 0 Å².